The van der Waals surface area contributed by atoms with Gasteiger partial charge in [0.15, 0.2) is 0 Å². The molecule has 0 saturated carbocycles. The summed E-state index contributed by atoms with van der Waals surface area (Å²) in [6.07, 6.45) is 0.463. The van der Waals surface area contributed by atoms with E-state index in [-0.39, 0.29) is 16.7 Å². The normalized spacial score (nSPS) is 12.2. The molecule has 0 aliphatic rings. The third-order valence-corrected chi connectivity index (χ3v) is 2.09. The molecule has 1 rings (SSSR count). The van der Waals surface area contributed by atoms with E-state index in [0.717, 1.165) is 6.07 Å². The minimum absolute atomic E-state index is 0.0133. The number of hydrogen-bond acceptors (Lipinski definition) is 3. The lowest BCUT2D eigenvalue weighted by molar-refractivity contribution is -0.138. The molecule has 0 spiro atoms. The van der Waals surface area contributed by atoms with Gasteiger partial charge in [0.2, 0.25) is 0 Å². The summed E-state index contributed by atoms with van der Waals surface area (Å²) in [6, 6.07) is 0.874. The Labute approximate surface area is 85.5 Å². The number of aryl methyl sites for hydroxylation is 1. The lowest BCUT2D eigenvalue weighted by Crippen LogP contribution is -2.22. The molecule has 0 saturated heterocycles. The third kappa shape index (κ3) is 2.19. The molecule has 1 unspecified atom stereocenters. The van der Waals surface area contributed by atoms with Gasteiger partial charge in [-0.1, -0.05) is 0 Å². The van der Waals surface area contributed by atoms with Crippen molar-refractivity contribution in [2.45, 2.75) is 13.0 Å². The summed E-state index contributed by atoms with van der Waals surface area (Å²) in [5, 5.41) is 8.65. The van der Waals surface area contributed by atoms with Crippen LogP contribution < -0.4 is 5.73 Å². The Morgan fingerprint density at radius 1 is 1.60 bits per heavy atom. The van der Waals surface area contributed by atoms with Crippen molar-refractivity contribution in [3.63, 3.8) is 0 Å². The van der Waals surface area contributed by atoms with Crippen molar-refractivity contribution in [3.8, 4) is 0 Å². The number of rotatable bonds is 3. The molecule has 0 heterocycles. The molecule has 0 fully saturated rings. The molecule has 0 amide bonds. The van der Waals surface area contributed by atoms with Crippen LogP contribution in [0.4, 0.5) is 4.39 Å². The molecule has 1 atom stereocenters. The minimum Gasteiger partial charge on any atom is -0.480 e. The molecular formula is C10H10FNO3. The predicted molar refractivity (Wildman–Crippen MR) is 51.1 cm³/mol. The number of carboxylic acids is 1. The van der Waals surface area contributed by atoms with E-state index in [0.29, 0.717) is 6.29 Å². The largest absolute Gasteiger partial charge is 0.480 e. The fourth-order valence-corrected chi connectivity index (χ4v) is 1.22. The van der Waals surface area contributed by atoms with Gasteiger partial charge in [0.05, 0.1) is 0 Å². The van der Waals surface area contributed by atoms with Gasteiger partial charge in [-0.2, -0.15) is 0 Å². The quantitative estimate of drug-likeness (QED) is 0.732. The summed E-state index contributed by atoms with van der Waals surface area (Å²) < 4.78 is 13.2. The monoisotopic (exact) mass is 211 g/mol. The van der Waals surface area contributed by atoms with E-state index in [9.17, 15) is 14.0 Å². The highest BCUT2D eigenvalue weighted by Gasteiger charge is 2.19. The Balaban J connectivity index is 3.33. The molecular weight excluding hydrogens is 201 g/mol. The van der Waals surface area contributed by atoms with E-state index in [1.54, 1.807) is 0 Å². The maximum absolute atomic E-state index is 13.2. The number of carboxylic acid groups (broad SMARTS) is 1. The van der Waals surface area contributed by atoms with Gasteiger partial charge < -0.3 is 10.8 Å². The van der Waals surface area contributed by atoms with E-state index < -0.39 is 17.8 Å². The number of aldehydes is 1. The van der Waals surface area contributed by atoms with Crippen molar-refractivity contribution in [1.82, 2.24) is 0 Å². The Kier molecular flexibility index (Phi) is 3.16. The number of nitrogens with two attached hydrogens (primary N) is 1. The molecule has 1 aromatic rings. The van der Waals surface area contributed by atoms with Crippen molar-refractivity contribution in [2.24, 2.45) is 5.73 Å². The summed E-state index contributed by atoms with van der Waals surface area (Å²) >= 11 is 0. The number of carbonyl (C=O) groups excluding carboxylic acids is 1. The standard InChI is InChI=1S/C10H10FNO3/c1-5-2-6(4-13)7(3-8(5)11)9(12)10(14)15/h2-4,9H,12H2,1H3,(H,14,15). The van der Waals surface area contributed by atoms with Crippen LogP contribution in [0.1, 0.15) is 27.5 Å². The first kappa shape index (κ1) is 11.3. The summed E-state index contributed by atoms with van der Waals surface area (Å²) in [7, 11) is 0. The molecule has 0 radical (unpaired) electrons. The molecule has 0 aliphatic heterocycles. The molecule has 0 bridgehead atoms. The lowest BCUT2D eigenvalue weighted by Gasteiger charge is -2.10. The Hall–Kier alpha value is -1.75. The second-order valence-electron chi connectivity index (χ2n) is 3.16. The highest BCUT2D eigenvalue weighted by atomic mass is 19.1. The number of aliphatic carboxylic acids is 1. The van der Waals surface area contributed by atoms with Crippen LogP contribution >= 0.6 is 0 Å². The average molecular weight is 211 g/mol. The molecule has 0 aromatic heterocycles. The highest BCUT2D eigenvalue weighted by molar-refractivity contribution is 5.83. The van der Waals surface area contributed by atoms with Crippen molar-refractivity contribution < 1.29 is 19.1 Å². The molecule has 1 aromatic carbocycles. The van der Waals surface area contributed by atoms with E-state index in [4.69, 9.17) is 10.8 Å². The number of hydrogen-bond donors (Lipinski definition) is 2. The SMILES string of the molecule is Cc1cc(C=O)c(C(N)C(=O)O)cc1F. The van der Waals surface area contributed by atoms with Gasteiger partial charge in [-0.3, -0.25) is 9.59 Å². The van der Waals surface area contributed by atoms with Crippen LogP contribution in [0.3, 0.4) is 0 Å². The second kappa shape index (κ2) is 4.18. The fourth-order valence-electron chi connectivity index (χ4n) is 1.22. The smallest absolute Gasteiger partial charge is 0.325 e. The maximum Gasteiger partial charge on any atom is 0.325 e. The lowest BCUT2D eigenvalue weighted by atomic mass is 9.99. The van der Waals surface area contributed by atoms with Crippen molar-refractivity contribution in [1.29, 1.82) is 0 Å². The van der Waals surface area contributed by atoms with Crippen LogP contribution in [-0.2, 0) is 4.79 Å². The van der Waals surface area contributed by atoms with Gasteiger partial charge in [-0.15, -0.1) is 0 Å². The van der Waals surface area contributed by atoms with Gasteiger partial charge in [-0.25, -0.2) is 4.39 Å². The minimum atomic E-state index is -1.39. The third-order valence-electron chi connectivity index (χ3n) is 2.09. The Morgan fingerprint density at radius 3 is 2.67 bits per heavy atom. The predicted octanol–water partition coefficient (Wildman–Crippen LogP) is 1.03. The average Bonchev–Trinajstić information content (AvgIpc) is 2.20. The van der Waals surface area contributed by atoms with Gasteiger partial charge >= 0.3 is 5.97 Å². The van der Waals surface area contributed by atoms with Crippen molar-refractivity contribution in [3.05, 3.63) is 34.6 Å². The second-order valence-corrected chi connectivity index (χ2v) is 3.16. The van der Waals surface area contributed by atoms with Gasteiger partial charge in [0, 0.05) is 5.56 Å². The molecule has 5 heteroatoms. The van der Waals surface area contributed by atoms with E-state index >= 15 is 0 Å². The van der Waals surface area contributed by atoms with Crippen LogP contribution in [0.25, 0.3) is 0 Å². The zero-order chi connectivity index (χ0) is 11.6. The topological polar surface area (TPSA) is 80.4 Å². The molecule has 0 aliphatic carbocycles. The van der Waals surface area contributed by atoms with Crippen molar-refractivity contribution in [2.75, 3.05) is 0 Å². The summed E-state index contributed by atoms with van der Waals surface area (Å²) in [5.41, 5.74) is 5.67. The molecule has 4 nitrogen and oxygen atoms in total. The fraction of sp³-hybridized carbons (Fsp3) is 0.200. The Morgan fingerprint density at radius 2 is 2.20 bits per heavy atom. The maximum atomic E-state index is 13.2. The number of benzene rings is 1. The molecule has 3 N–H and O–H groups in total. The van der Waals surface area contributed by atoms with Crippen LogP contribution in [0.2, 0.25) is 0 Å². The first-order chi connectivity index (χ1) is 6.97. The van der Waals surface area contributed by atoms with Crippen LogP contribution in [0, 0.1) is 12.7 Å². The number of halogens is 1. The van der Waals surface area contributed by atoms with E-state index in [2.05, 4.69) is 0 Å². The summed E-state index contributed by atoms with van der Waals surface area (Å²) in [5.74, 6) is -1.88. The summed E-state index contributed by atoms with van der Waals surface area (Å²) in [6.45, 7) is 1.48. The first-order valence-electron chi connectivity index (χ1n) is 4.21. The zero-order valence-corrected chi connectivity index (χ0v) is 8.03. The zero-order valence-electron chi connectivity index (χ0n) is 8.03. The highest BCUT2D eigenvalue weighted by Crippen LogP contribution is 2.19. The van der Waals surface area contributed by atoms with E-state index in [1.807, 2.05) is 0 Å². The van der Waals surface area contributed by atoms with E-state index in [1.165, 1.54) is 13.0 Å². The van der Waals surface area contributed by atoms with Gasteiger partial charge in [0.25, 0.3) is 0 Å². The van der Waals surface area contributed by atoms with Gasteiger partial charge in [0.1, 0.15) is 18.1 Å². The summed E-state index contributed by atoms with van der Waals surface area (Å²) in [4.78, 5) is 21.2. The molecule has 15 heavy (non-hydrogen) atoms. The molecule has 80 valence electrons. The first-order valence-corrected chi connectivity index (χ1v) is 4.21. The number of carbonyl (C=O) groups is 2. The van der Waals surface area contributed by atoms with Gasteiger partial charge in [-0.05, 0) is 30.2 Å². The van der Waals surface area contributed by atoms with Crippen LogP contribution in [-0.4, -0.2) is 17.4 Å². The van der Waals surface area contributed by atoms with Crippen LogP contribution in [0.5, 0.6) is 0 Å². The van der Waals surface area contributed by atoms with Crippen LogP contribution in [0.15, 0.2) is 12.1 Å². The van der Waals surface area contributed by atoms with Crippen molar-refractivity contribution >= 4 is 12.3 Å². The Bertz CT molecular complexity index is 417.